The predicted molar refractivity (Wildman–Crippen MR) is 127 cm³/mol. The maximum Gasteiger partial charge on any atom is 0.349 e. The predicted octanol–water partition coefficient (Wildman–Crippen LogP) is 4.57. The molecule has 8 nitrogen and oxygen atoms in total. The SMILES string of the molecule is COc1cc(/C=C(\C#N)C(=O)NCc2ccco2)ccc1OC(=O)COc1ccc(Br)c(C)c1. The molecule has 9 heteroatoms. The van der Waals surface area contributed by atoms with Crippen LogP contribution in [0.15, 0.2) is 69.3 Å². The summed E-state index contributed by atoms with van der Waals surface area (Å²) in [5, 5.41) is 12.0. The lowest BCUT2D eigenvalue weighted by Gasteiger charge is -2.11. The van der Waals surface area contributed by atoms with Gasteiger partial charge < -0.3 is 23.9 Å². The van der Waals surface area contributed by atoms with Crippen molar-refractivity contribution in [2.24, 2.45) is 0 Å². The number of nitrogens with one attached hydrogen (secondary N) is 1. The molecule has 2 aromatic carbocycles. The molecule has 1 heterocycles. The Bertz CT molecular complexity index is 1240. The topological polar surface area (TPSA) is 111 Å². The second-order valence-corrected chi connectivity index (χ2v) is 7.87. The molecule has 0 radical (unpaired) electrons. The number of benzene rings is 2. The minimum atomic E-state index is -0.614. The Morgan fingerprint density at radius 1 is 1.18 bits per heavy atom. The van der Waals surface area contributed by atoms with Gasteiger partial charge in [-0.05, 0) is 66.6 Å². The van der Waals surface area contributed by atoms with Crippen molar-refractivity contribution in [1.29, 1.82) is 5.26 Å². The third-order valence-corrected chi connectivity index (χ3v) is 5.47. The highest BCUT2D eigenvalue weighted by molar-refractivity contribution is 9.10. The molecule has 174 valence electrons. The summed E-state index contributed by atoms with van der Waals surface area (Å²) in [6.07, 6.45) is 2.90. The van der Waals surface area contributed by atoms with E-state index in [2.05, 4.69) is 21.2 Å². The smallest absolute Gasteiger partial charge is 0.349 e. The third-order valence-electron chi connectivity index (χ3n) is 4.58. The number of ether oxygens (including phenoxy) is 3. The van der Waals surface area contributed by atoms with Crippen LogP contribution >= 0.6 is 15.9 Å². The van der Waals surface area contributed by atoms with Gasteiger partial charge in [-0.25, -0.2) is 4.79 Å². The zero-order valence-corrected chi connectivity index (χ0v) is 20.0. The monoisotopic (exact) mass is 524 g/mol. The Morgan fingerprint density at radius 2 is 2.00 bits per heavy atom. The number of halogens is 1. The number of esters is 1. The fraction of sp³-hybridized carbons (Fsp3) is 0.160. The van der Waals surface area contributed by atoms with Crippen LogP contribution < -0.4 is 19.5 Å². The van der Waals surface area contributed by atoms with E-state index in [9.17, 15) is 14.9 Å². The Labute approximate surface area is 204 Å². The van der Waals surface area contributed by atoms with E-state index in [0.29, 0.717) is 17.1 Å². The Hall–Kier alpha value is -4.03. The van der Waals surface area contributed by atoms with E-state index in [1.165, 1.54) is 25.5 Å². The van der Waals surface area contributed by atoms with Gasteiger partial charge in [0.2, 0.25) is 0 Å². The van der Waals surface area contributed by atoms with E-state index in [4.69, 9.17) is 18.6 Å². The molecule has 0 bridgehead atoms. The number of amides is 1. The van der Waals surface area contributed by atoms with Crippen molar-refractivity contribution in [3.63, 3.8) is 0 Å². The second-order valence-electron chi connectivity index (χ2n) is 7.02. The lowest BCUT2D eigenvalue weighted by Crippen LogP contribution is -2.23. The summed E-state index contributed by atoms with van der Waals surface area (Å²) in [6.45, 7) is 1.78. The summed E-state index contributed by atoms with van der Waals surface area (Å²) < 4.78 is 22.2. The van der Waals surface area contributed by atoms with Gasteiger partial charge in [0, 0.05) is 4.47 Å². The van der Waals surface area contributed by atoms with Gasteiger partial charge in [-0.1, -0.05) is 22.0 Å². The first kappa shape index (κ1) is 24.6. The largest absolute Gasteiger partial charge is 0.493 e. The molecule has 1 N–H and O–H groups in total. The van der Waals surface area contributed by atoms with Gasteiger partial charge in [-0.3, -0.25) is 4.79 Å². The molecule has 0 saturated heterocycles. The molecule has 0 aliphatic heterocycles. The van der Waals surface area contributed by atoms with Crippen molar-refractivity contribution in [2.75, 3.05) is 13.7 Å². The number of nitrogens with zero attached hydrogens (tertiary/aromatic N) is 1. The van der Waals surface area contributed by atoms with E-state index in [-0.39, 0.29) is 30.2 Å². The number of furan rings is 1. The summed E-state index contributed by atoms with van der Waals surface area (Å²) in [4.78, 5) is 24.6. The van der Waals surface area contributed by atoms with Gasteiger partial charge in [0.25, 0.3) is 5.91 Å². The lowest BCUT2D eigenvalue weighted by molar-refractivity contribution is -0.136. The summed E-state index contributed by atoms with van der Waals surface area (Å²) in [7, 11) is 1.42. The molecule has 0 fully saturated rings. The van der Waals surface area contributed by atoms with Gasteiger partial charge in [0.15, 0.2) is 18.1 Å². The molecule has 1 amide bonds. The maximum absolute atomic E-state index is 12.3. The highest BCUT2D eigenvalue weighted by Gasteiger charge is 2.14. The Morgan fingerprint density at radius 3 is 2.68 bits per heavy atom. The Kier molecular flexibility index (Phi) is 8.48. The number of methoxy groups -OCH3 is 1. The first-order valence-corrected chi connectivity index (χ1v) is 10.9. The summed E-state index contributed by atoms with van der Waals surface area (Å²) in [6, 6.07) is 15.3. The number of nitriles is 1. The fourth-order valence-corrected chi connectivity index (χ4v) is 3.10. The van der Waals surface area contributed by atoms with Gasteiger partial charge in [-0.2, -0.15) is 5.26 Å². The average molecular weight is 525 g/mol. The van der Waals surface area contributed by atoms with Crippen LogP contribution in [0.1, 0.15) is 16.9 Å². The van der Waals surface area contributed by atoms with Crippen LogP contribution in [0, 0.1) is 18.3 Å². The molecule has 0 unspecified atom stereocenters. The first-order chi connectivity index (χ1) is 16.4. The highest BCUT2D eigenvalue weighted by Crippen LogP contribution is 2.29. The number of carbonyl (C=O) groups excluding carboxylic acids is 2. The molecule has 0 spiro atoms. The lowest BCUT2D eigenvalue weighted by atomic mass is 10.1. The van der Waals surface area contributed by atoms with Crippen molar-refractivity contribution in [3.05, 3.63) is 81.7 Å². The second kappa shape index (κ2) is 11.7. The van der Waals surface area contributed by atoms with Crippen molar-refractivity contribution in [1.82, 2.24) is 5.32 Å². The number of carbonyl (C=O) groups is 2. The quantitative estimate of drug-likeness (QED) is 0.189. The molecule has 0 saturated carbocycles. The first-order valence-electron chi connectivity index (χ1n) is 10.1. The molecule has 0 aliphatic carbocycles. The molecule has 1 aromatic heterocycles. The van der Waals surface area contributed by atoms with Gasteiger partial charge in [0.1, 0.15) is 23.2 Å². The molecular weight excluding hydrogens is 504 g/mol. The van der Waals surface area contributed by atoms with E-state index in [1.807, 2.05) is 19.1 Å². The van der Waals surface area contributed by atoms with Crippen molar-refractivity contribution in [2.45, 2.75) is 13.5 Å². The minimum absolute atomic E-state index is 0.100. The molecule has 0 atom stereocenters. The number of hydrogen-bond donors (Lipinski definition) is 1. The molecule has 34 heavy (non-hydrogen) atoms. The zero-order valence-electron chi connectivity index (χ0n) is 18.5. The Balaban J connectivity index is 1.64. The van der Waals surface area contributed by atoms with E-state index in [1.54, 1.807) is 36.4 Å². The molecule has 3 aromatic rings. The summed E-state index contributed by atoms with van der Waals surface area (Å²) >= 11 is 3.41. The van der Waals surface area contributed by atoms with Gasteiger partial charge >= 0.3 is 5.97 Å². The summed E-state index contributed by atoms with van der Waals surface area (Å²) in [5.74, 6) is 0.388. The molecular formula is C25H21BrN2O6. The van der Waals surface area contributed by atoms with Crippen molar-refractivity contribution in [3.8, 4) is 23.3 Å². The van der Waals surface area contributed by atoms with E-state index in [0.717, 1.165) is 10.0 Å². The number of hydrogen-bond acceptors (Lipinski definition) is 7. The molecule has 3 rings (SSSR count). The fourth-order valence-electron chi connectivity index (χ4n) is 2.85. The van der Waals surface area contributed by atoms with Crippen LogP contribution in [0.5, 0.6) is 17.2 Å². The summed E-state index contributed by atoms with van der Waals surface area (Å²) in [5.41, 5.74) is 1.39. The average Bonchev–Trinajstić information content (AvgIpc) is 3.36. The van der Waals surface area contributed by atoms with Gasteiger partial charge in [0.05, 0.1) is 19.9 Å². The highest BCUT2D eigenvalue weighted by atomic mass is 79.9. The van der Waals surface area contributed by atoms with Gasteiger partial charge in [-0.15, -0.1) is 0 Å². The van der Waals surface area contributed by atoms with Crippen LogP contribution in [-0.2, 0) is 16.1 Å². The third kappa shape index (κ3) is 6.73. The standard InChI is InChI=1S/C25H21BrN2O6/c1-16-10-19(6-7-21(16)26)33-15-24(29)34-22-8-5-17(12-23(22)31-2)11-18(13-27)25(30)28-14-20-4-3-9-32-20/h3-12H,14-15H2,1-2H3,(H,28,30)/b18-11+. The number of rotatable bonds is 9. The minimum Gasteiger partial charge on any atom is -0.493 e. The van der Waals surface area contributed by atoms with Crippen LogP contribution in [0.25, 0.3) is 6.08 Å². The van der Waals surface area contributed by atoms with E-state index >= 15 is 0 Å². The maximum atomic E-state index is 12.3. The number of aryl methyl sites for hydroxylation is 1. The van der Waals surface area contributed by atoms with E-state index < -0.39 is 11.9 Å². The molecule has 0 aliphatic rings. The zero-order chi connectivity index (χ0) is 24.5. The van der Waals surface area contributed by atoms with Crippen LogP contribution in [0.4, 0.5) is 0 Å². The van der Waals surface area contributed by atoms with Crippen LogP contribution in [0.2, 0.25) is 0 Å². The normalized spacial score (nSPS) is 10.8. The van der Waals surface area contributed by atoms with Crippen LogP contribution in [0.3, 0.4) is 0 Å². The van der Waals surface area contributed by atoms with Crippen molar-refractivity contribution < 1.29 is 28.2 Å². The van der Waals surface area contributed by atoms with Crippen LogP contribution in [-0.4, -0.2) is 25.6 Å². The van der Waals surface area contributed by atoms with Crippen molar-refractivity contribution >= 4 is 33.9 Å².